The standard InChI is InChI=1S/C28H48OSi2/c1-18-16-23(27(6,7)8)25(29-31(14,15)28(9,10)11)24(17-18)30(12,13)26-21(4)19(2)20(3)22(26)5/h16-17,21H,1-15H3. The first-order valence-corrected chi connectivity index (χ1v) is 17.9. The van der Waals surface area contributed by atoms with Gasteiger partial charge in [-0.3, -0.25) is 0 Å². The van der Waals surface area contributed by atoms with Crippen LogP contribution in [0.2, 0.25) is 31.2 Å². The van der Waals surface area contributed by atoms with Crippen LogP contribution in [0.4, 0.5) is 0 Å². The summed E-state index contributed by atoms with van der Waals surface area (Å²) >= 11 is 0. The third kappa shape index (κ3) is 4.68. The third-order valence-corrected chi connectivity index (χ3v) is 16.4. The average molecular weight is 457 g/mol. The van der Waals surface area contributed by atoms with Crippen LogP contribution < -0.4 is 9.61 Å². The van der Waals surface area contributed by atoms with Crippen LogP contribution in [-0.2, 0) is 5.41 Å². The molecule has 1 aromatic rings. The molecule has 0 N–H and O–H groups in total. The lowest BCUT2D eigenvalue weighted by atomic mass is 9.85. The summed E-state index contributed by atoms with van der Waals surface area (Å²) < 4.78 is 7.22. The molecule has 1 nitrogen and oxygen atoms in total. The molecule has 0 aromatic heterocycles. The summed E-state index contributed by atoms with van der Waals surface area (Å²) in [6, 6.07) is 4.84. The molecule has 1 aliphatic carbocycles. The molecule has 0 spiro atoms. The highest BCUT2D eigenvalue weighted by Gasteiger charge is 2.44. The van der Waals surface area contributed by atoms with E-state index in [1.54, 1.807) is 10.8 Å². The molecule has 0 saturated heterocycles. The first-order chi connectivity index (χ1) is 13.7. The van der Waals surface area contributed by atoms with Crippen molar-refractivity contribution in [2.24, 2.45) is 5.92 Å². The molecule has 0 fully saturated rings. The van der Waals surface area contributed by atoms with Gasteiger partial charge in [0.1, 0.15) is 13.8 Å². The third-order valence-electron chi connectivity index (χ3n) is 8.19. The van der Waals surface area contributed by atoms with Crippen molar-refractivity contribution in [2.45, 2.75) is 113 Å². The number of allylic oxidation sites excluding steroid dienone is 4. The van der Waals surface area contributed by atoms with Gasteiger partial charge in [0.25, 0.3) is 0 Å². The summed E-state index contributed by atoms with van der Waals surface area (Å²) in [5.41, 5.74) is 7.34. The Morgan fingerprint density at radius 1 is 0.806 bits per heavy atom. The van der Waals surface area contributed by atoms with E-state index in [2.05, 4.69) is 114 Å². The largest absolute Gasteiger partial charge is 0.543 e. The van der Waals surface area contributed by atoms with Crippen molar-refractivity contribution in [3.05, 3.63) is 45.2 Å². The Morgan fingerprint density at radius 3 is 1.71 bits per heavy atom. The van der Waals surface area contributed by atoms with Gasteiger partial charge >= 0.3 is 0 Å². The van der Waals surface area contributed by atoms with Crippen molar-refractivity contribution in [3.8, 4) is 5.75 Å². The van der Waals surface area contributed by atoms with Gasteiger partial charge in [-0.15, -0.1) is 0 Å². The Hall–Kier alpha value is -1.07. The van der Waals surface area contributed by atoms with Crippen LogP contribution in [-0.4, -0.2) is 16.4 Å². The van der Waals surface area contributed by atoms with Crippen molar-refractivity contribution in [1.29, 1.82) is 0 Å². The van der Waals surface area contributed by atoms with Crippen molar-refractivity contribution in [2.75, 3.05) is 0 Å². The maximum atomic E-state index is 7.22. The van der Waals surface area contributed by atoms with Crippen molar-refractivity contribution in [3.63, 3.8) is 0 Å². The highest BCUT2D eigenvalue weighted by molar-refractivity contribution is 6.96. The number of benzene rings is 1. The van der Waals surface area contributed by atoms with Gasteiger partial charge in [-0.1, -0.05) is 95.6 Å². The second-order valence-corrected chi connectivity index (χ2v) is 22.0. The van der Waals surface area contributed by atoms with Crippen LogP contribution in [0, 0.1) is 12.8 Å². The van der Waals surface area contributed by atoms with Gasteiger partial charge in [0.15, 0.2) is 0 Å². The number of aryl methyl sites for hydroxylation is 1. The summed E-state index contributed by atoms with van der Waals surface area (Å²) in [5.74, 6) is 1.73. The van der Waals surface area contributed by atoms with Gasteiger partial charge in [-0.2, -0.15) is 0 Å². The van der Waals surface area contributed by atoms with Gasteiger partial charge in [-0.25, -0.2) is 0 Å². The summed E-state index contributed by atoms with van der Waals surface area (Å²) in [4.78, 5) is 0. The Balaban J connectivity index is 2.86. The summed E-state index contributed by atoms with van der Waals surface area (Å²) in [6.07, 6.45) is 0. The van der Waals surface area contributed by atoms with Gasteiger partial charge in [0.05, 0.1) is 0 Å². The molecule has 1 aromatic carbocycles. The predicted molar refractivity (Wildman–Crippen MR) is 145 cm³/mol. The van der Waals surface area contributed by atoms with Gasteiger partial charge in [-0.05, 0) is 73.5 Å². The molecule has 174 valence electrons. The fourth-order valence-corrected chi connectivity index (χ4v) is 10.0. The average Bonchev–Trinajstić information content (AvgIpc) is 2.77. The molecule has 1 aliphatic rings. The Kier molecular flexibility index (Phi) is 6.81. The van der Waals surface area contributed by atoms with Gasteiger partial charge < -0.3 is 4.43 Å². The Morgan fingerprint density at radius 2 is 1.32 bits per heavy atom. The van der Waals surface area contributed by atoms with Crippen LogP contribution in [0.5, 0.6) is 5.75 Å². The van der Waals surface area contributed by atoms with E-state index in [-0.39, 0.29) is 10.5 Å². The van der Waals surface area contributed by atoms with E-state index < -0.39 is 16.4 Å². The minimum Gasteiger partial charge on any atom is -0.543 e. The molecule has 31 heavy (non-hydrogen) atoms. The zero-order valence-electron chi connectivity index (χ0n) is 23.1. The van der Waals surface area contributed by atoms with Crippen LogP contribution in [0.3, 0.4) is 0 Å². The molecular weight excluding hydrogens is 408 g/mol. The highest BCUT2D eigenvalue weighted by atomic mass is 28.4. The number of hydrogen-bond acceptors (Lipinski definition) is 1. The van der Waals surface area contributed by atoms with Crippen molar-refractivity contribution >= 4 is 21.6 Å². The maximum Gasteiger partial charge on any atom is 0.250 e. The fraction of sp³-hybridized carbons (Fsp3) is 0.643. The SMILES string of the molecule is CC1=C(C)C(C)C([Si](C)(C)c2cc(C)cc(C(C)(C)C)c2O[Si](C)(C)C(C)(C)C)=C1C. The van der Waals surface area contributed by atoms with E-state index >= 15 is 0 Å². The molecule has 1 unspecified atom stereocenters. The Labute approximate surface area is 195 Å². The topological polar surface area (TPSA) is 9.23 Å². The fourth-order valence-electron chi connectivity index (χ4n) is 4.83. The van der Waals surface area contributed by atoms with Crippen molar-refractivity contribution in [1.82, 2.24) is 0 Å². The molecule has 0 radical (unpaired) electrons. The lowest BCUT2D eigenvalue weighted by Gasteiger charge is -2.41. The molecular formula is C28H48OSi2. The zero-order chi connectivity index (χ0) is 24.3. The molecule has 0 aliphatic heterocycles. The molecule has 3 heteroatoms. The van der Waals surface area contributed by atoms with E-state index in [0.29, 0.717) is 5.92 Å². The quantitative estimate of drug-likeness (QED) is 0.413. The first-order valence-electron chi connectivity index (χ1n) is 12.0. The van der Waals surface area contributed by atoms with Crippen molar-refractivity contribution < 1.29 is 4.43 Å². The van der Waals surface area contributed by atoms with Crippen LogP contribution >= 0.6 is 0 Å². The number of rotatable bonds is 4. The maximum absolute atomic E-state index is 7.22. The summed E-state index contributed by atoms with van der Waals surface area (Å²) in [7, 11) is -3.95. The van der Waals surface area contributed by atoms with E-state index in [0.717, 1.165) is 0 Å². The molecule has 0 amide bonds. The van der Waals surface area contributed by atoms with E-state index in [1.165, 1.54) is 33.2 Å². The zero-order valence-corrected chi connectivity index (χ0v) is 25.1. The van der Waals surface area contributed by atoms with Gasteiger partial charge in [0.2, 0.25) is 8.32 Å². The van der Waals surface area contributed by atoms with E-state index in [4.69, 9.17) is 4.43 Å². The van der Waals surface area contributed by atoms with Crippen LogP contribution in [0.25, 0.3) is 0 Å². The Bertz CT molecular complexity index is 931. The second-order valence-electron chi connectivity index (χ2n) is 13.0. The molecule has 0 saturated carbocycles. The van der Waals surface area contributed by atoms with E-state index in [1.807, 2.05) is 0 Å². The van der Waals surface area contributed by atoms with E-state index in [9.17, 15) is 0 Å². The lowest BCUT2D eigenvalue weighted by Crippen LogP contribution is -2.51. The van der Waals surface area contributed by atoms with Crippen LogP contribution in [0.15, 0.2) is 34.0 Å². The monoisotopic (exact) mass is 456 g/mol. The second kappa shape index (κ2) is 8.06. The minimum absolute atomic E-state index is 0.0394. The summed E-state index contributed by atoms with van der Waals surface area (Å²) in [5, 5.41) is 3.35. The molecule has 0 bridgehead atoms. The molecule has 1 atom stereocenters. The smallest absolute Gasteiger partial charge is 0.250 e. The minimum atomic E-state index is -1.99. The predicted octanol–water partition coefficient (Wildman–Crippen LogP) is 8.43. The normalized spacial score (nSPS) is 18.9. The molecule has 2 rings (SSSR count). The highest BCUT2D eigenvalue weighted by Crippen LogP contribution is 2.45. The summed E-state index contributed by atoms with van der Waals surface area (Å²) in [6.45, 7) is 35.5. The lowest BCUT2D eigenvalue weighted by molar-refractivity contribution is 0.470. The number of hydrogen-bond donors (Lipinski definition) is 0. The van der Waals surface area contributed by atoms with Gasteiger partial charge in [0, 0.05) is 0 Å². The van der Waals surface area contributed by atoms with Crippen LogP contribution in [0.1, 0.15) is 80.4 Å². The molecule has 0 heterocycles. The first kappa shape index (κ1) is 26.2.